The van der Waals surface area contributed by atoms with E-state index in [-0.39, 0.29) is 0 Å². The predicted octanol–water partition coefficient (Wildman–Crippen LogP) is 2.82. The van der Waals surface area contributed by atoms with E-state index in [4.69, 9.17) is 23.1 Å². The number of aromatic nitrogens is 1. The van der Waals surface area contributed by atoms with E-state index in [0.717, 1.165) is 9.86 Å². The standard InChI is InChI=1S/C9H7BrClN3/c10-4-1-5-8(13)7(12)3-14-9(5)6(11)2-4/h1-3H,12H2,(H2,13,14). The molecule has 0 aliphatic rings. The van der Waals surface area contributed by atoms with Crippen molar-refractivity contribution in [2.75, 3.05) is 11.5 Å². The summed E-state index contributed by atoms with van der Waals surface area (Å²) in [5.74, 6) is 0. The first-order valence-corrected chi connectivity index (χ1v) is 5.05. The molecule has 1 aromatic heterocycles. The van der Waals surface area contributed by atoms with Gasteiger partial charge in [-0.2, -0.15) is 0 Å². The maximum Gasteiger partial charge on any atom is 0.0911 e. The zero-order chi connectivity index (χ0) is 10.3. The van der Waals surface area contributed by atoms with Gasteiger partial charge in [-0.1, -0.05) is 27.5 Å². The summed E-state index contributed by atoms with van der Waals surface area (Å²) in [4.78, 5) is 4.12. The number of nitrogens with zero attached hydrogens (tertiary/aromatic N) is 1. The summed E-state index contributed by atoms with van der Waals surface area (Å²) < 4.78 is 0.856. The highest BCUT2D eigenvalue weighted by Crippen LogP contribution is 2.32. The molecule has 4 N–H and O–H groups in total. The van der Waals surface area contributed by atoms with Crippen LogP contribution in [0.2, 0.25) is 5.02 Å². The largest absolute Gasteiger partial charge is 0.396 e. The lowest BCUT2D eigenvalue weighted by Crippen LogP contribution is -1.97. The Labute approximate surface area is 94.2 Å². The minimum Gasteiger partial charge on any atom is -0.396 e. The molecule has 72 valence electrons. The third-order valence-corrected chi connectivity index (χ3v) is 2.71. The second-order valence-electron chi connectivity index (χ2n) is 2.91. The van der Waals surface area contributed by atoms with Gasteiger partial charge < -0.3 is 11.5 Å². The quantitative estimate of drug-likeness (QED) is 0.775. The van der Waals surface area contributed by atoms with Crippen LogP contribution >= 0.6 is 27.5 Å². The lowest BCUT2D eigenvalue weighted by atomic mass is 10.2. The molecule has 0 bridgehead atoms. The van der Waals surface area contributed by atoms with Gasteiger partial charge in [-0.25, -0.2) is 0 Å². The molecule has 0 fully saturated rings. The molecule has 0 saturated heterocycles. The fraction of sp³-hybridized carbons (Fsp3) is 0. The van der Waals surface area contributed by atoms with E-state index in [0.29, 0.717) is 21.9 Å². The van der Waals surface area contributed by atoms with Gasteiger partial charge in [0.05, 0.1) is 28.1 Å². The van der Waals surface area contributed by atoms with Crippen molar-refractivity contribution in [3.05, 3.63) is 27.8 Å². The number of anilines is 2. The van der Waals surface area contributed by atoms with Gasteiger partial charge in [0.2, 0.25) is 0 Å². The lowest BCUT2D eigenvalue weighted by molar-refractivity contribution is 1.41. The number of rotatable bonds is 0. The molecule has 1 aromatic carbocycles. The molecule has 0 amide bonds. The van der Waals surface area contributed by atoms with Crippen LogP contribution in [0.3, 0.4) is 0 Å². The smallest absolute Gasteiger partial charge is 0.0911 e. The summed E-state index contributed by atoms with van der Waals surface area (Å²) in [5.41, 5.74) is 13.1. The Hall–Kier alpha value is -1.00. The Balaban J connectivity index is 2.95. The van der Waals surface area contributed by atoms with Gasteiger partial charge in [-0.05, 0) is 12.1 Å². The average molecular weight is 273 g/mol. The summed E-state index contributed by atoms with van der Waals surface area (Å²) in [6.07, 6.45) is 1.51. The van der Waals surface area contributed by atoms with Crippen LogP contribution in [0.4, 0.5) is 11.4 Å². The molecular formula is C9H7BrClN3. The number of pyridine rings is 1. The van der Waals surface area contributed by atoms with Gasteiger partial charge in [-0.15, -0.1) is 0 Å². The molecule has 14 heavy (non-hydrogen) atoms. The van der Waals surface area contributed by atoms with Gasteiger partial charge in [0, 0.05) is 9.86 Å². The minimum absolute atomic E-state index is 0.465. The van der Waals surface area contributed by atoms with Gasteiger partial charge >= 0.3 is 0 Å². The number of nitrogen functional groups attached to an aromatic ring is 2. The summed E-state index contributed by atoms with van der Waals surface area (Å²) in [6.45, 7) is 0. The lowest BCUT2D eigenvalue weighted by Gasteiger charge is -2.06. The maximum absolute atomic E-state index is 6.00. The zero-order valence-electron chi connectivity index (χ0n) is 7.09. The Bertz CT molecular complexity index is 513. The van der Waals surface area contributed by atoms with E-state index in [1.54, 1.807) is 6.07 Å². The van der Waals surface area contributed by atoms with Gasteiger partial charge in [0.1, 0.15) is 0 Å². The third-order valence-electron chi connectivity index (χ3n) is 1.96. The van der Waals surface area contributed by atoms with E-state index in [2.05, 4.69) is 20.9 Å². The van der Waals surface area contributed by atoms with Gasteiger partial charge in [0.25, 0.3) is 0 Å². The second kappa shape index (κ2) is 3.29. The number of hydrogen-bond acceptors (Lipinski definition) is 3. The SMILES string of the molecule is Nc1cnc2c(Cl)cc(Br)cc2c1N. The molecule has 3 nitrogen and oxygen atoms in total. The van der Waals surface area contributed by atoms with E-state index in [9.17, 15) is 0 Å². The molecule has 2 aromatic rings. The molecular weight excluding hydrogens is 265 g/mol. The Morgan fingerprint density at radius 3 is 2.71 bits per heavy atom. The van der Waals surface area contributed by atoms with Crippen molar-refractivity contribution in [2.45, 2.75) is 0 Å². The highest BCUT2D eigenvalue weighted by molar-refractivity contribution is 9.10. The van der Waals surface area contributed by atoms with E-state index < -0.39 is 0 Å². The first kappa shape index (κ1) is 9.55. The fourth-order valence-corrected chi connectivity index (χ4v) is 2.12. The van der Waals surface area contributed by atoms with E-state index >= 15 is 0 Å². The predicted molar refractivity (Wildman–Crippen MR) is 63.3 cm³/mol. The van der Waals surface area contributed by atoms with Crippen LogP contribution in [0.15, 0.2) is 22.8 Å². The number of benzene rings is 1. The normalized spacial score (nSPS) is 10.7. The number of halogens is 2. The maximum atomic E-state index is 6.00. The van der Waals surface area contributed by atoms with E-state index in [1.165, 1.54) is 6.20 Å². The Morgan fingerprint density at radius 1 is 1.29 bits per heavy atom. The Morgan fingerprint density at radius 2 is 2.00 bits per heavy atom. The topological polar surface area (TPSA) is 64.9 Å². The van der Waals surface area contributed by atoms with Crippen LogP contribution in [0, 0.1) is 0 Å². The summed E-state index contributed by atoms with van der Waals surface area (Å²) in [7, 11) is 0. The number of hydrogen-bond donors (Lipinski definition) is 2. The van der Waals surface area contributed by atoms with Crippen molar-refractivity contribution in [1.29, 1.82) is 0 Å². The molecule has 0 atom stereocenters. The first-order chi connectivity index (χ1) is 6.59. The highest BCUT2D eigenvalue weighted by Gasteiger charge is 2.07. The summed E-state index contributed by atoms with van der Waals surface area (Å²) in [5, 5.41) is 1.32. The fourth-order valence-electron chi connectivity index (χ4n) is 1.26. The van der Waals surface area contributed by atoms with Crippen molar-refractivity contribution in [3.8, 4) is 0 Å². The molecule has 1 heterocycles. The molecule has 0 saturated carbocycles. The van der Waals surface area contributed by atoms with Crippen molar-refractivity contribution in [1.82, 2.24) is 4.98 Å². The molecule has 0 aliphatic heterocycles. The molecule has 0 aliphatic carbocycles. The number of nitrogens with two attached hydrogens (primary N) is 2. The second-order valence-corrected chi connectivity index (χ2v) is 4.23. The third kappa shape index (κ3) is 1.40. The average Bonchev–Trinajstić information content (AvgIpc) is 2.12. The Kier molecular flexibility index (Phi) is 2.25. The monoisotopic (exact) mass is 271 g/mol. The zero-order valence-corrected chi connectivity index (χ0v) is 9.43. The van der Waals surface area contributed by atoms with Crippen LogP contribution < -0.4 is 11.5 Å². The van der Waals surface area contributed by atoms with Crippen LogP contribution in [0.25, 0.3) is 10.9 Å². The van der Waals surface area contributed by atoms with Crippen LogP contribution in [-0.2, 0) is 0 Å². The van der Waals surface area contributed by atoms with Crippen LogP contribution in [0.5, 0.6) is 0 Å². The highest BCUT2D eigenvalue weighted by atomic mass is 79.9. The van der Waals surface area contributed by atoms with Crippen molar-refractivity contribution < 1.29 is 0 Å². The van der Waals surface area contributed by atoms with Crippen molar-refractivity contribution in [2.24, 2.45) is 0 Å². The van der Waals surface area contributed by atoms with Crippen molar-refractivity contribution in [3.63, 3.8) is 0 Å². The van der Waals surface area contributed by atoms with Gasteiger partial charge in [-0.3, -0.25) is 4.98 Å². The van der Waals surface area contributed by atoms with Gasteiger partial charge in [0.15, 0.2) is 0 Å². The van der Waals surface area contributed by atoms with Crippen molar-refractivity contribution >= 4 is 49.8 Å². The van der Waals surface area contributed by atoms with Crippen LogP contribution in [-0.4, -0.2) is 4.98 Å². The molecule has 2 rings (SSSR count). The minimum atomic E-state index is 0.465. The molecule has 0 spiro atoms. The molecule has 5 heteroatoms. The molecule has 0 unspecified atom stereocenters. The summed E-state index contributed by atoms with van der Waals surface area (Å²) in [6, 6.07) is 3.62. The summed E-state index contributed by atoms with van der Waals surface area (Å²) >= 11 is 9.33. The first-order valence-electron chi connectivity index (χ1n) is 3.88. The molecule has 0 radical (unpaired) electrons. The van der Waals surface area contributed by atoms with Crippen LogP contribution in [0.1, 0.15) is 0 Å². The van der Waals surface area contributed by atoms with E-state index in [1.807, 2.05) is 6.07 Å². The number of fused-ring (bicyclic) bond motifs is 1.